The van der Waals surface area contributed by atoms with Crippen LogP contribution in [0.2, 0.25) is 0 Å². The Morgan fingerprint density at radius 2 is 2.14 bits per heavy atom. The number of rotatable bonds is 8. The van der Waals surface area contributed by atoms with E-state index in [4.69, 9.17) is 4.74 Å². The van der Waals surface area contributed by atoms with Crippen LogP contribution in [0, 0.1) is 0 Å². The summed E-state index contributed by atoms with van der Waals surface area (Å²) in [5, 5.41) is 22.1. The molecule has 4 heteroatoms. The molecule has 0 spiro atoms. The van der Waals surface area contributed by atoms with Crippen molar-refractivity contribution in [1.82, 2.24) is 5.32 Å². The van der Waals surface area contributed by atoms with Crippen molar-refractivity contribution in [2.45, 2.75) is 38.4 Å². The zero-order valence-electron chi connectivity index (χ0n) is 9.42. The standard InChI is InChI=1S/C10H23NO3/c1-4-9(12)7-11-8-10(2,13)5-6-14-3/h9,11-13H,4-8H2,1-3H3. The third kappa shape index (κ3) is 7.26. The number of hydrogen-bond donors (Lipinski definition) is 3. The molecule has 0 aromatic rings. The van der Waals surface area contributed by atoms with Gasteiger partial charge in [0.2, 0.25) is 0 Å². The Morgan fingerprint density at radius 3 is 2.64 bits per heavy atom. The molecule has 0 aromatic carbocycles. The Labute approximate surface area is 86.3 Å². The average molecular weight is 205 g/mol. The lowest BCUT2D eigenvalue weighted by atomic mass is 10.0. The summed E-state index contributed by atoms with van der Waals surface area (Å²) in [4.78, 5) is 0. The van der Waals surface area contributed by atoms with Gasteiger partial charge in [0.25, 0.3) is 0 Å². The van der Waals surface area contributed by atoms with Gasteiger partial charge in [-0.05, 0) is 13.3 Å². The van der Waals surface area contributed by atoms with Crippen LogP contribution in [-0.2, 0) is 4.74 Å². The first-order valence-corrected chi connectivity index (χ1v) is 5.12. The van der Waals surface area contributed by atoms with E-state index in [1.807, 2.05) is 6.92 Å². The minimum Gasteiger partial charge on any atom is -0.392 e. The Kier molecular flexibility index (Phi) is 7.09. The molecule has 0 aliphatic carbocycles. The minimum atomic E-state index is -0.760. The summed E-state index contributed by atoms with van der Waals surface area (Å²) in [5.74, 6) is 0. The van der Waals surface area contributed by atoms with Crippen LogP contribution in [0.25, 0.3) is 0 Å². The molecule has 0 aliphatic heterocycles. The monoisotopic (exact) mass is 205 g/mol. The van der Waals surface area contributed by atoms with Gasteiger partial charge in [0, 0.05) is 33.2 Å². The fourth-order valence-corrected chi connectivity index (χ4v) is 1.06. The van der Waals surface area contributed by atoms with Crippen LogP contribution in [-0.4, -0.2) is 48.7 Å². The number of hydrogen-bond acceptors (Lipinski definition) is 4. The molecule has 0 saturated carbocycles. The molecule has 0 radical (unpaired) electrons. The van der Waals surface area contributed by atoms with E-state index in [0.717, 1.165) is 6.42 Å². The average Bonchev–Trinajstić information content (AvgIpc) is 2.14. The lowest BCUT2D eigenvalue weighted by molar-refractivity contribution is 0.0224. The third-order valence-electron chi connectivity index (χ3n) is 2.20. The number of ether oxygens (including phenoxy) is 1. The maximum atomic E-state index is 9.81. The Balaban J connectivity index is 3.54. The molecule has 2 unspecified atom stereocenters. The summed E-state index contributed by atoms with van der Waals surface area (Å²) in [6.07, 6.45) is 1.000. The van der Waals surface area contributed by atoms with Crippen LogP contribution in [0.5, 0.6) is 0 Å². The summed E-state index contributed by atoms with van der Waals surface area (Å²) < 4.78 is 4.89. The van der Waals surface area contributed by atoms with Crippen molar-refractivity contribution >= 4 is 0 Å². The maximum absolute atomic E-state index is 9.81. The van der Waals surface area contributed by atoms with Gasteiger partial charge in [0.1, 0.15) is 0 Å². The molecule has 0 amide bonds. The van der Waals surface area contributed by atoms with E-state index in [1.165, 1.54) is 0 Å². The second kappa shape index (κ2) is 7.17. The minimum absolute atomic E-state index is 0.326. The molecule has 2 atom stereocenters. The van der Waals surface area contributed by atoms with Gasteiger partial charge in [-0.2, -0.15) is 0 Å². The fraction of sp³-hybridized carbons (Fsp3) is 1.00. The molecular formula is C10H23NO3. The highest BCUT2D eigenvalue weighted by Crippen LogP contribution is 2.07. The van der Waals surface area contributed by atoms with Crippen LogP contribution < -0.4 is 5.32 Å². The highest BCUT2D eigenvalue weighted by molar-refractivity contribution is 4.75. The van der Waals surface area contributed by atoms with Crippen LogP contribution >= 0.6 is 0 Å². The second-order valence-corrected chi connectivity index (χ2v) is 3.93. The number of methoxy groups -OCH3 is 1. The van der Waals surface area contributed by atoms with Gasteiger partial charge < -0.3 is 20.3 Å². The van der Waals surface area contributed by atoms with E-state index in [0.29, 0.717) is 26.1 Å². The summed E-state index contributed by atoms with van der Waals surface area (Å²) in [6, 6.07) is 0. The van der Waals surface area contributed by atoms with Gasteiger partial charge in [-0.25, -0.2) is 0 Å². The van der Waals surface area contributed by atoms with Crippen molar-refractivity contribution in [3.05, 3.63) is 0 Å². The quantitative estimate of drug-likeness (QED) is 0.527. The van der Waals surface area contributed by atoms with Crippen LogP contribution in [0.3, 0.4) is 0 Å². The Hall–Kier alpha value is -0.160. The predicted molar refractivity (Wildman–Crippen MR) is 56.3 cm³/mol. The SMILES string of the molecule is CCC(O)CNCC(C)(O)CCOC. The van der Waals surface area contributed by atoms with E-state index < -0.39 is 5.60 Å². The lowest BCUT2D eigenvalue weighted by Crippen LogP contribution is -2.41. The van der Waals surface area contributed by atoms with E-state index >= 15 is 0 Å². The van der Waals surface area contributed by atoms with Crippen molar-refractivity contribution in [2.75, 3.05) is 26.8 Å². The molecule has 0 bridgehead atoms. The number of aliphatic hydroxyl groups is 2. The molecular weight excluding hydrogens is 182 g/mol. The first kappa shape index (κ1) is 13.8. The van der Waals surface area contributed by atoms with Gasteiger partial charge in [-0.1, -0.05) is 6.92 Å². The van der Waals surface area contributed by atoms with Gasteiger partial charge in [-0.3, -0.25) is 0 Å². The van der Waals surface area contributed by atoms with E-state index in [2.05, 4.69) is 5.32 Å². The van der Waals surface area contributed by atoms with Crippen LogP contribution in [0.4, 0.5) is 0 Å². The smallest absolute Gasteiger partial charge is 0.0765 e. The van der Waals surface area contributed by atoms with Crippen LogP contribution in [0.15, 0.2) is 0 Å². The summed E-state index contributed by atoms with van der Waals surface area (Å²) in [5.41, 5.74) is -0.760. The van der Waals surface area contributed by atoms with Gasteiger partial charge in [-0.15, -0.1) is 0 Å². The van der Waals surface area contributed by atoms with Crippen molar-refractivity contribution in [3.63, 3.8) is 0 Å². The molecule has 14 heavy (non-hydrogen) atoms. The second-order valence-electron chi connectivity index (χ2n) is 3.93. The van der Waals surface area contributed by atoms with Crippen molar-refractivity contribution in [3.8, 4) is 0 Å². The van der Waals surface area contributed by atoms with E-state index in [9.17, 15) is 10.2 Å². The number of aliphatic hydroxyl groups excluding tert-OH is 1. The predicted octanol–water partition coefficient (Wildman–Crippen LogP) is 0.134. The molecule has 0 aromatic heterocycles. The zero-order chi connectivity index (χ0) is 11.0. The highest BCUT2D eigenvalue weighted by atomic mass is 16.5. The van der Waals surface area contributed by atoms with Crippen molar-refractivity contribution in [2.24, 2.45) is 0 Å². The molecule has 0 saturated heterocycles. The van der Waals surface area contributed by atoms with Gasteiger partial charge in [0.05, 0.1) is 11.7 Å². The molecule has 4 nitrogen and oxygen atoms in total. The Bertz CT molecular complexity index is 139. The molecule has 0 rings (SSSR count). The topological polar surface area (TPSA) is 61.7 Å². The molecule has 0 fully saturated rings. The normalized spacial score (nSPS) is 17.8. The zero-order valence-corrected chi connectivity index (χ0v) is 9.42. The maximum Gasteiger partial charge on any atom is 0.0765 e. The first-order valence-electron chi connectivity index (χ1n) is 5.12. The summed E-state index contributed by atoms with van der Waals surface area (Å²) in [6.45, 7) is 5.24. The van der Waals surface area contributed by atoms with E-state index in [1.54, 1.807) is 14.0 Å². The molecule has 86 valence electrons. The van der Waals surface area contributed by atoms with Crippen molar-refractivity contribution < 1.29 is 14.9 Å². The summed E-state index contributed by atoms with van der Waals surface area (Å²) >= 11 is 0. The lowest BCUT2D eigenvalue weighted by Gasteiger charge is -2.24. The first-order chi connectivity index (χ1) is 6.52. The van der Waals surface area contributed by atoms with Crippen LogP contribution in [0.1, 0.15) is 26.7 Å². The fourth-order valence-electron chi connectivity index (χ4n) is 1.06. The Morgan fingerprint density at radius 1 is 1.50 bits per heavy atom. The molecule has 0 aliphatic rings. The third-order valence-corrected chi connectivity index (χ3v) is 2.20. The molecule has 0 heterocycles. The van der Waals surface area contributed by atoms with Gasteiger partial charge >= 0.3 is 0 Å². The summed E-state index contributed by atoms with van der Waals surface area (Å²) in [7, 11) is 1.62. The van der Waals surface area contributed by atoms with Gasteiger partial charge in [0.15, 0.2) is 0 Å². The number of nitrogens with one attached hydrogen (secondary N) is 1. The largest absolute Gasteiger partial charge is 0.392 e. The van der Waals surface area contributed by atoms with E-state index in [-0.39, 0.29) is 6.10 Å². The van der Waals surface area contributed by atoms with Crippen molar-refractivity contribution in [1.29, 1.82) is 0 Å². The molecule has 3 N–H and O–H groups in total. The highest BCUT2D eigenvalue weighted by Gasteiger charge is 2.19.